The van der Waals surface area contributed by atoms with Gasteiger partial charge in [0.05, 0.1) is 5.75 Å². The Bertz CT molecular complexity index is 1440. The second-order valence-corrected chi connectivity index (χ2v) is 9.89. The molecule has 6 nitrogen and oxygen atoms in total. The highest BCUT2D eigenvalue weighted by Crippen LogP contribution is 2.31. The summed E-state index contributed by atoms with van der Waals surface area (Å²) in [6.07, 6.45) is 0. The number of benzene rings is 3. The number of aromatic nitrogens is 3. The molecule has 8 heteroatoms. The third-order valence-corrected chi connectivity index (χ3v) is 7.38. The van der Waals surface area contributed by atoms with Gasteiger partial charge in [0.15, 0.2) is 4.34 Å². The van der Waals surface area contributed by atoms with Crippen LogP contribution in [0, 0.1) is 6.92 Å². The first-order valence-electron chi connectivity index (χ1n) is 10.7. The highest BCUT2D eigenvalue weighted by Gasteiger charge is 2.12. The third-order valence-electron chi connectivity index (χ3n) is 5.41. The van der Waals surface area contributed by atoms with Crippen LogP contribution < -0.4 is 10.6 Å². The second kappa shape index (κ2) is 9.25. The lowest BCUT2D eigenvalue weighted by atomic mass is 10.1. The quantitative estimate of drug-likeness (QED) is 0.266. The second-order valence-electron chi connectivity index (χ2n) is 7.69. The fourth-order valence-corrected chi connectivity index (χ4v) is 5.45. The van der Waals surface area contributed by atoms with Crippen LogP contribution in [-0.2, 0) is 11.3 Å². The van der Waals surface area contributed by atoms with Crippen molar-refractivity contribution >= 4 is 67.3 Å². The number of hydrogen-bond donors (Lipinski definition) is 2. The number of anilines is 3. The van der Waals surface area contributed by atoms with Crippen molar-refractivity contribution in [1.29, 1.82) is 0 Å². The number of nitrogens with one attached hydrogen (secondary N) is 2. The summed E-state index contributed by atoms with van der Waals surface area (Å²) in [4.78, 5) is 12.6. The van der Waals surface area contributed by atoms with Crippen molar-refractivity contribution in [3.63, 3.8) is 0 Å². The molecule has 0 atom stereocenters. The molecular formula is C25H23N5OS2. The highest BCUT2D eigenvalue weighted by molar-refractivity contribution is 8.01. The molecule has 1 amide bonds. The van der Waals surface area contributed by atoms with Crippen LogP contribution in [0.3, 0.4) is 0 Å². The van der Waals surface area contributed by atoms with Crippen molar-refractivity contribution in [2.75, 3.05) is 16.4 Å². The van der Waals surface area contributed by atoms with E-state index in [1.807, 2.05) is 36.4 Å². The Balaban J connectivity index is 1.24. The molecule has 0 saturated heterocycles. The summed E-state index contributed by atoms with van der Waals surface area (Å²) < 4.78 is 3.05. The van der Waals surface area contributed by atoms with Crippen molar-refractivity contribution < 1.29 is 4.79 Å². The number of aryl methyl sites for hydroxylation is 2. The Morgan fingerprint density at radius 2 is 1.73 bits per heavy atom. The van der Waals surface area contributed by atoms with E-state index in [4.69, 9.17) is 0 Å². The first-order chi connectivity index (χ1) is 16.1. The number of carbonyl (C=O) groups is 1. The summed E-state index contributed by atoms with van der Waals surface area (Å²) in [5.41, 5.74) is 5.35. The standard InChI is InChI=1S/C25H23N5OS2/c1-3-30-21-7-5-4-6-19(21)20-14-18(12-13-22(20)30)26-23(31)15-32-25-29-28-24(33-25)27-17-10-8-16(2)9-11-17/h4-14H,3,15H2,1-2H3,(H,26,31)(H,27,28). The van der Waals surface area contributed by atoms with Gasteiger partial charge in [0, 0.05) is 39.7 Å². The van der Waals surface area contributed by atoms with E-state index in [1.54, 1.807) is 0 Å². The molecule has 0 radical (unpaired) electrons. The monoisotopic (exact) mass is 473 g/mol. The van der Waals surface area contributed by atoms with E-state index >= 15 is 0 Å². The molecule has 0 aliphatic heterocycles. The van der Waals surface area contributed by atoms with Crippen LogP contribution in [0.2, 0.25) is 0 Å². The van der Waals surface area contributed by atoms with Crippen molar-refractivity contribution in [2.45, 2.75) is 24.7 Å². The molecule has 33 heavy (non-hydrogen) atoms. The lowest BCUT2D eigenvalue weighted by molar-refractivity contribution is -0.113. The Morgan fingerprint density at radius 3 is 2.55 bits per heavy atom. The fraction of sp³-hybridized carbons (Fsp3) is 0.160. The van der Waals surface area contributed by atoms with Crippen LogP contribution in [0.1, 0.15) is 12.5 Å². The van der Waals surface area contributed by atoms with Gasteiger partial charge in [-0.2, -0.15) is 0 Å². The van der Waals surface area contributed by atoms with Gasteiger partial charge in [-0.05, 0) is 50.2 Å². The topological polar surface area (TPSA) is 71.8 Å². The van der Waals surface area contributed by atoms with Crippen molar-refractivity contribution in [3.05, 3.63) is 72.3 Å². The average Bonchev–Trinajstić information content (AvgIpc) is 3.41. The predicted molar refractivity (Wildman–Crippen MR) is 139 cm³/mol. The normalized spacial score (nSPS) is 11.2. The van der Waals surface area contributed by atoms with Crippen LogP contribution >= 0.6 is 23.1 Å². The zero-order valence-corrected chi connectivity index (χ0v) is 20.0. The number of carbonyl (C=O) groups excluding carboxylic acids is 1. The zero-order valence-electron chi connectivity index (χ0n) is 18.3. The highest BCUT2D eigenvalue weighted by atomic mass is 32.2. The largest absolute Gasteiger partial charge is 0.341 e. The van der Waals surface area contributed by atoms with Gasteiger partial charge < -0.3 is 15.2 Å². The summed E-state index contributed by atoms with van der Waals surface area (Å²) in [5, 5.41) is 17.7. The van der Waals surface area contributed by atoms with Crippen LogP contribution in [0.5, 0.6) is 0 Å². The molecule has 5 aromatic rings. The van der Waals surface area contributed by atoms with Crippen molar-refractivity contribution in [3.8, 4) is 0 Å². The maximum absolute atomic E-state index is 12.6. The minimum atomic E-state index is -0.0678. The summed E-state index contributed by atoms with van der Waals surface area (Å²) in [5.74, 6) is 0.204. The van der Waals surface area contributed by atoms with Crippen LogP contribution in [0.15, 0.2) is 71.1 Å². The number of nitrogens with zero attached hydrogens (tertiary/aromatic N) is 3. The molecule has 0 aliphatic carbocycles. The summed E-state index contributed by atoms with van der Waals surface area (Å²) in [7, 11) is 0. The summed E-state index contributed by atoms with van der Waals surface area (Å²) in [6, 6.07) is 22.6. The maximum Gasteiger partial charge on any atom is 0.234 e. The van der Waals surface area contributed by atoms with Gasteiger partial charge in [-0.1, -0.05) is 59.0 Å². The Hall–Kier alpha value is -3.36. The molecule has 0 spiro atoms. The molecule has 3 aromatic carbocycles. The molecule has 0 unspecified atom stereocenters. The van der Waals surface area contributed by atoms with Crippen LogP contribution in [-0.4, -0.2) is 26.4 Å². The molecule has 0 aliphatic rings. The van der Waals surface area contributed by atoms with Crippen LogP contribution in [0.25, 0.3) is 21.8 Å². The average molecular weight is 474 g/mol. The maximum atomic E-state index is 12.6. The molecular weight excluding hydrogens is 450 g/mol. The molecule has 2 aromatic heterocycles. The van der Waals surface area contributed by atoms with Crippen LogP contribution in [0.4, 0.5) is 16.5 Å². The van der Waals surface area contributed by atoms with Gasteiger partial charge in [0.25, 0.3) is 0 Å². The molecule has 0 saturated carbocycles. The minimum absolute atomic E-state index is 0.0678. The van der Waals surface area contributed by atoms with Gasteiger partial charge in [-0.3, -0.25) is 4.79 Å². The zero-order chi connectivity index (χ0) is 22.8. The number of thioether (sulfide) groups is 1. The third kappa shape index (κ3) is 4.58. The molecule has 0 fully saturated rings. The van der Waals surface area contributed by atoms with Crippen molar-refractivity contribution in [1.82, 2.24) is 14.8 Å². The predicted octanol–water partition coefficient (Wildman–Crippen LogP) is 6.45. The molecule has 2 N–H and O–H groups in total. The molecule has 166 valence electrons. The van der Waals surface area contributed by atoms with E-state index in [1.165, 1.54) is 45.1 Å². The summed E-state index contributed by atoms with van der Waals surface area (Å²) >= 11 is 2.82. The number of rotatable bonds is 7. The fourth-order valence-electron chi connectivity index (χ4n) is 3.88. The first kappa shape index (κ1) is 21.5. The van der Waals surface area contributed by atoms with E-state index in [0.29, 0.717) is 5.13 Å². The number of hydrogen-bond acceptors (Lipinski definition) is 6. The SMILES string of the molecule is CCn1c2ccccc2c2cc(NC(=O)CSc3nnc(Nc4ccc(C)cc4)s3)ccc21. The van der Waals surface area contributed by atoms with E-state index in [0.717, 1.165) is 27.6 Å². The Kier molecular flexibility index (Phi) is 6.02. The Labute approximate surface area is 200 Å². The van der Waals surface area contributed by atoms with Gasteiger partial charge in [0.2, 0.25) is 11.0 Å². The summed E-state index contributed by atoms with van der Waals surface area (Å²) in [6.45, 7) is 5.10. The van der Waals surface area contributed by atoms with Gasteiger partial charge in [0.1, 0.15) is 0 Å². The van der Waals surface area contributed by atoms with Crippen molar-refractivity contribution in [2.24, 2.45) is 0 Å². The lowest BCUT2D eigenvalue weighted by Gasteiger charge is -2.06. The Morgan fingerprint density at radius 1 is 0.970 bits per heavy atom. The lowest BCUT2D eigenvalue weighted by Crippen LogP contribution is -2.13. The van der Waals surface area contributed by atoms with Gasteiger partial charge in [-0.25, -0.2) is 0 Å². The number of fused-ring (bicyclic) bond motifs is 3. The van der Waals surface area contributed by atoms with E-state index in [2.05, 4.69) is 69.6 Å². The minimum Gasteiger partial charge on any atom is -0.341 e. The molecule has 0 bridgehead atoms. The van der Waals surface area contributed by atoms with E-state index in [9.17, 15) is 4.79 Å². The van der Waals surface area contributed by atoms with E-state index < -0.39 is 0 Å². The van der Waals surface area contributed by atoms with Gasteiger partial charge >= 0.3 is 0 Å². The first-order valence-corrected chi connectivity index (χ1v) is 12.5. The number of para-hydroxylation sites is 1. The smallest absolute Gasteiger partial charge is 0.234 e. The number of amides is 1. The van der Waals surface area contributed by atoms with Gasteiger partial charge in [-0.15, -0.1) is 10.2 Å². The molecule has 5 rings (SSSR count). The van der Waals surface area contributed by atoms with E-state index in [-0.39, 0.29) is 11.7 Å². The molecule has 2 heterocycles.